The highest BCUT2D eigenvalue weighted by atomic mass is 32.2. The van der Waals surface area contributed by atoms with Gasteiger partial charge in [0.25, 0.3) is 10.1 Å². The molecular weight excluding hydrogens is 440 g/mol. The van der Waals surface area contributed by atoms with Gasteiger partial charge in [0.15, 0.2) is 5.36 Å². The molecule has 11 nitrogen and oxygen atoms in total. The summed E-state index contributed by atoms with van der Waals surface area (Å²) < 4.78 is 31.5. The number of carboxylic acid groups (broad SMARTS) is 1. The van der Waals surface area contributed by atoms with Gasteiger partial charge in [-0.15, -0.1) is 0 Å². The lowest BCUT2D eigenvalue weighted by Gasteiger charge is -2.06. The molecule has 0 unspecified atom stereocenters. The van der Waals surface area contributed by atoms with Gasteiger partial charge in [0.1, 0.15) is 5.36 Å². The Bertz CT molecular complexity index is 1540. The molecule has 3 aromatic carbocycles. The maximum Gasteiger partial charge on any atom is 0.337 e. The molecule has 0 atom stereocenters. The lowest BCUT2D eigenvalue weighted by atomic mass is 10.2. The maximum absolute atomic E-state index is 12.6. The Labute approximate surface area is 180 Å². The Morgan fingerprint density at radius 2 is 1.62 bits per heavy atom. The van der Waals surface area contributed by atoms with Gasteiger partial charge in [0.2, 0.25) is 10.9 Å². The number of anilines is 2. The summed E-state index contributed by atoms with van der Waals surface area (Å²) in [6.45, 7) is 1.57. The van der Waals surface area contributed by atoms with Crippen LogP contribution in [0, 0.1) is 6.92 Å². The van der Waals surface area contributed by atoms with Crippen molar-refractivity contribution in [3.8, 4) is 0 Å². The van der Waals surface area contributed by atoms with E-state index in [0.717, 1.165) is 12.1 Å². The Hall–Kier alpha value is -4.16. The average molecular weight is 456 g/mol. The first-order valence-electron chi connectivity index (χ1n) is 8.93. The number of benzene rings is 3. The summed E-state index contributed by atoms with van der Waals surface area (Å²) in [5.74, 6) is -1.21. The molecule has 3 aromatic rings. The van der Waals surface area contributed by atoms with Crippen molar-refractivity contribution in [3.63, 3.8) is 0 Å². The van der Waals surface area contributed by atoms with E-state index in [-0.39, 0.29) is 21.5 Å². The summed E-state index contributed by atoms with van der Waals surface area (Å²) in [7, 11) is -4.36. The number of nitrogens with one attached hydrogen (secondary N) is 2. The number of para-hydroxylation sites is 1. The van der Waals surface area contributed by atoms with Gasteiger partial charge in [-0.05, 0) is 55.0 Å². The summed E-state index contributed by atoms with van der Waals surface area (Å²) in [6, 6.07) is 11.8. The zero-order valence-corrected chi connectivity index (χ0v) is 17.3. The summed E-state index contributed by atoms with van der Waals surface area (Å²) in [5, 5.41) is 16.3. The van der Waals surface area contributed by atoms with Crippen molar-refractivity contribution in [2.75, 3.05) is 10.9 Å². The molecule has 3 rings (SSSR count). The third-order valence-corrected chi connectivity index (χ3v) is 5.16. The van der Waals surface area contributed by atoms with Crippen LogP contribution in [0.25, 0.3) is 0 Å². The molecule has 0 aliphatic heterocycles. The zero-order valence-electron chi connectivity index (χ0n) is 16.4. The van der Waals surface area contributed by atoms with Crippen molar-refractivity contribution in [2.24, 2.45) is 10.2 Å². The maximum atomic E-state index is 12.6. The van der Waals surface area contributed by atoms with Crippen molar-refractivity contribution >= 4 is 27.5 Å². The fourth-order valence-corrected chi connectivity index (χ4v) is 3.23. The van der Waals surface area contributed by atoms with Crippen molar-refractivity contribution < 1.29 is 22.9 Å². The fraction of sp³-hybridized carbons (Fsp3) is 0.0500. The number of carbonyl (C=O) groups is 1. The van der Waals surface area contributed by atoms with Crippen LogP contribution in [-0.2, 0) is 10.1 Å². The molecule has 164 valence electrons. The van der Waals surface area contributed by atoms with Crippen molar-refractivity contribution in [1.82, 2.24) is 0 Å². The number of rotatable bonds is 6. The second-order valence-electron chi connectivity index (χ2n) is 6.51. The van der Waals surface area contributed by atoms with Crippen molar-refractivity contribution in [1.29, 1.82) is 0 Å². The Morgan fingerprint density at radius 3 is 2.28 bits per heavy atom. The van der Waals surface area contributed by atoms with Gasteiger partial charge in [-0.2, -0.15) is 18.6 Å². The third kappa shape index (κ3) is 4.94. The van der Waals surface area contributed by atoms with Crippen LogP contribution in [-0.4, -0.2) is 24.0 Å². The first-order chi connectivity index (χ1) is 15.1. The van der Waals surface area contributed by atoms with Crippen LogP contribution in [0.2, 0.25) is 0 Å². The second kappa shape index (κ2) is 8.91. The predicted octanol–water partition coefficient (Wildman–Crippen LogP) is 0.392. The van der Waals surface area contributed by atoms with E-state index in [0.29, 0.717) is 11.3 Å². The Kier molecular flexibility index (Phi) is 6.27. The zero-order chi connectivity index (χ0) is 23.5. The molecule has 0 radical (unpaired) electrons. The SMILES string of the molecule is Cc1cc(S(=O)(=O)O)ccc1N/N=c1\ccc(=O)/c(=N\Nc2ccccc2C(=O)O)c1=O. The quantitative estimate of drug-likeness (QED) is 0.302. The predicted molar refractivity (Wildman–Crippen MR) is 114 cm³/mol. The van der Waals surface area contributed by atoms with Crippen LogP contribution in [0.15, 0.2) is 79.3 Å². The molecule has 0 amide bonds. The van der Waals surface area contributed by atoms with Crippen LogP contribution >= 0.6 is 0 Å². The van der Waals surface area contributed by atoms with Crippen LogP contribution < -0.4 is 32.4 Å². The summed E-state index contributed by atoms with van der Waals surface area (Å²) in [6.07, 6.45) is 0. The summed E-state index contributed by atoms with van der Waals surface area (Å²) >= 11 is 0. The van der Waals surface area contributed by atoms with E-state index in [4.69, 9.17) is 4.55 Å². The molecular formula is C20H16N4O7S. The molecule has 0 bridgehead atoms. The lowest BCUT2D eigenvalue weighted by Crippen LogP contribution is -2.48. The Balaban J connectivity index is 1.98. The molecule has 4 N–H and O–H groups in total. The minimum absolute atomic E-state index is 0.0915. The summed E-state index contributed by atoms with van der Waals surface area (Å²) in [4.78, 5) is 35.7. The van der Waals surface area contributed by atoms with E-state index >= 15 is 0 Å². The first kappa shape index (κ1) is 22.5. The van der Waals surface area contributed by atoms with E-state index in [1.54, 1.807) is 13.0 Å². The molecule has 0 aliphatic rings. The molecule has 0 saturated carbocycles. The van der Waals surface area contributed by atoms with E-state index in [9.17, 15) is 27.9 Å². The molecule has 0 spiro atoms. The highest BCUT2D eigenvalue weighted by Crippen LogP contribution is 2.19. The fourth-order valence-electron chi connectivity index (χ4n) is 2.66. The number of hydrogen-bond donors (Lipinski definition) is 4. The summed E-state index contributed by atoms with van der Waals surface area (Å²) in [5.41, 5.74) is 4.30. The topological polar surface area (TPSA) is 175 Å². The number of aromatic carboxylic acids is 1. The van der Waals surface area contributed by atoms with Gasteiger partial charge >= 0.3 is 5.97 Å². The molecule has 12 heteroatoms. The number of aryl methyl sites for hydroxylation is 1. The number of hydrogen-bond acceptors (Lipinski definition) is 9. The van der Waals surface area contributed by atoms with Gasteiger partial charge in [0, 0.05) is 0 Å². The monoisotopic (exact) mass is 456 g/mol. The van der Waals surface area contributed by atoms with E-state index in [2.05, 4.69) is 21.1 Å². The second-order valence-corrected chi connectivity index (χ2v) is 7.93. The van der Waals surface area contributed by atoms with E-state index in [1.807, 2.05) is 0 Å². The molecule has 0 aliphatic carbocycles. The lowest BCUT2D eigenvalue weighted by molar-refractivity contribution is 0.0698. The average Bonchev–Trinajstić information content (AvgIpc) is 2.73. The number of carboxylic acids is 1. The standard InChI is InChI=1S/C20H16N4O7S/c1-11-10-12(32(29,30)31)6-7-14(11)21-23-16-8-9-17(25)18(19(16)26)24-22-15-5-3-2-4-13(15)20(27)28/h2-10,21-22H,1H3,(H,27,28)(H,29,30,31)/b23-16+,24-18+. The van der Waals surface area contributed by atoms with Gasteiger partial charge < -0.3 is 5.11 Å². The largest absolute Gasteiger partial charge is 0.478 e. The van der Waals surface area contributed by atoms with Crippen LogP contribution in [0.3, 0.4) is 0 Å². The number of nitrogens with zero attached hydrogens (tertiary/aromatic N) is 2. The normalized spacial score (nSPS) is 12.6. The highest BCUT2D eigenvalue weighted by Gasteiger charge is 2.11. The molecule has 0 aromatic heterocycles. The molecule has 0 fully saturated rings. The van der Waals surface area contributed by atoms with Gasteiger partial charge in [-0.25, -0.2) is 4.79 Å². The van der Waals surface area contributed by atoms with Crippen molar-refractivity contribution in [3.05, 3.63) is 96.9 Å². The minimum atomic E-state index is -4.36. The van der Waals surface area contributed by atoms with Crippen LogP contribution in [0.4, 0.5) is 11.4 Å². The van der Waals surface area contributed by atoms with Crippen LogP contribution in [0.1, 0.15) is 15.9 Å². The van der Waals surface area contributed by atoms with Gasteiger partial charge in [0.05, 0.1) is 21.8 Å². The van der Waals surface area contributed by atoms with E-state index < -0.39 is 32.3 Å². The van der Waals surface area contributed by atoms with Gasteiger partial charge in [-0.3, -0.25) is 25.0 Å². The van der Waals surface area contributed by atoms with Crippen molar-refractivity contribution in [2.45, 2.75) is 11.8 Å². The first-order valence-corrected chi connectivity index (χ1v) is 10.4. The smallest absolute Gasteiger partial charge is 0.337 e. The van der Waals surface area contributed by atoms with Gasteiger partial charge in [-0.1, -0.05) is 12.1 Å². The third-order valence-electron chi connectivity index (χ3n) is 4.31. The minimum Gasteiger partial charge on any atom is -0.478 e. The molecule has 0 saturated heterocycles. The van der Waals surface area contributed by atoms with Crippen LogP contribution in [0.5, 0.6) is 0 Å². The molecule has 32 heavy (non-hydrogen) atoms. The van der Waals surface area contributed by atoms with E-state index in [1.165, 1.54) is 36.4 Å². The highest BCUT2D eigenvalue weighted by molar-refractivity contribution is 7.85. The Morgan fingerprint density at radius 1 is 0.938 bits per heavy atom. The molecule has 0 heterocycles.